The number of likely N-dealkylation sites (tertiary alicyclic amines) is 1. The van der Waals surface area contributed by atoms with E-state index in [-0.39, 0.29) is 17.9 Å². The molecule has 1 aliphatic heterocycles. The Bertz CT molecular complexity index is 929. The van der Waals surface area contributed by atoms with Gasteiger partial charge in [-0.2, -0.15) is 0 Å². The third-order valence-corrected chi connectivity index (χ3v) is 5.05. The first-order chi connectivity index (χ1) is 14.4. The Balaban J connectivity index is 1.49. The number of nitrogens with zero attached hydrogens (tertiary/aromatic N) is 1. The number of esters is 1. The number of fused-ring (bicyclic) bond motifs is 1. The molecule has 1 aliphatic rings. The number of amides is 2. The fourth-order valence-electron chi connectivity index (χ4n) is 3.41. The van der Waals surface area contributed by atoms with Crippen molar-refractivity contribution in [2.45, 2.75) is 32.7 Å². The molecule has 9 nitrogen and oxygen atoms in total. The summed E-state index contributed by atoms with van der Waals surface area (Å²) in [5.74, 6) is -0.378. The molecule has 0 saturated carbocycles. The Morgan fingerprint density at radius 3 is 2.60 bits per heavy atom. The number of rotatable bonds is 6. The Morgan fingerprint density at radius 1 is 1.20 bits per heavy atom. The van der Waals surface area contributed by atoms with E-state index in [0.29, 0.717) is 49.4 Å². The number of ether oxygens (including phenoxy) is 3. The molecule has 0 atom stereocenters. The second-order valence-corrected chi connectivity index (χ2v) is 7.02. The summed E-state index contributed by atoms with van der Waals surface area (Å²) >= 11 is 0. The third-order valence-electron chi connectivity index (χ3n) is 5.05. The molecule has 0 radical (unpaired) electrons. The summed E-state index contributed by atoms with van der Waals surface area (Å²) in [6, 6.07) is 5.15. The van der Waals surface area contributed by atoms with Gasteiger partial charge in [0.2, 0.25) is 5.76 Å². The van der Waals surface area contributed by atoms with Gasteiger partial charge in [-0.15, -0.1) is 0 Å². The summed E-state index contributed by atoms with van der Waals surface area (Å²) in [5, 5.41) is 3.58. The zero-order chi connectivity index (χ0) is 21.7. The van der Waals surface area contributed by atoms with E-state index in [4.69, 9.17) is 18.6 Å². The summed E-state index contributed by atoms with van der Waals surface area (Å²) in [6.07, 6.45) is 0.890. The van der Waals surface area contributed by atoms with Gasteiger partial charge in [-0.3, -0.25) is 4.79 Å². The smallest absolute Gasteiger partial charge is 0.409 e. The summed E-state index contributed by atoms with van der Waals surface area (Å²) in [7, 11) is 1.56. The maximum Gasteiger partial charge on any atom is 0.409 e. The summed E-state index contributed by atoms with van der Waals surface area (Å²) in [4.78, 5) is 37.9. The van der Waals surface area contributed by atoms with Crippen molar-refractivity contribution in [2.75, 3.05) is 33.4 Å². The van der Waals surface area contributed by atoms with Crippen LogP contribution >= 0.6 is 0 Å². The number of hydrogen-bond donors (Lipinski definition) is 1. The highest BCUT2D eigenvalue weighted by Gasteiger charge is 2.25. The van der Waals surface area contributed by atoms with E-state index in [1.807, 2.05) is 0 Å². The molecule has 2 heterocycles. The Labute approximate surface area is 174 Å². The zero-order valence-corrected chi connectivity index (χ0v) is 17.4. The first-order valence-electron chi connectivity index (χ1n) is 9.88. The lowest BCUT2D eigenvalue weighted by molar-refractivity contribution is -0.125. The van der Waals surface area contributed by atoms with Crippen LogP contribution in [0.25, 0.3) is 11.0 Å². The number of carbonyl (C=O) groups is 3. The molecule has 0 unspecified atom stereocenters. The van der Waals surface area contributed by atoms with Crippen LogP contribution in [-0.2, 0) is 14.3 Å². The molecular weight excluding hydrogens is 392 g/mol. The van der Waals surface area contributed by atoms with Crippen LogP contribution < -0.4 is 10.1 Å². The van der Waals surface area contributed by atoms with Gasteiger partial charge in [-0.25, -0.2) is 9.59 Å². The number of aryl methyl sites for hydroxylation is 1. The molecule has 2 amide bonds. The number of carbonyl (C=O) groups excluding carboxylic acids is 3. The van der Waals surface area contributed by atoms with Crippen molar-refractivity contribution in [1.29, 1.82) is 0 Å². The molecule has 1 aromatic heterocycles. The van der Waals surface area contributed by atoms with Crippen LogP contribution in [0.5, 0.6) is 5.75 Å². The van der Waals surface area contributed by atoms with Gasteiger partial charge in [0.25, 0.3) is 5.91 Å². The van der Waals surface area contributed by atoms with E-state index in [2.05, 4.69) is 5.32 Å². The molecule has 0 spiro atoms. The van der Waals surface area contributed by atoms with Crippen molar-refractivity contribution in [3.05, 3.63) is 29.5 Å². The Hall–Kier alpha value is -3.23. The quantitative estimate of drug-likeness (QED) is 0.719. The van der Waals surface area contributed by atoms with Crippen LogP contribution in [0.4, 0.5) is 4.79 Å². The number of piperidine rings is 1. The van der Waals surface area contributed by atoms with Crippen molar-refractivity contribution in [1.82, 2.24) is 10.2 Å². The fraction of sp³-hybridized carbons (Fsp3) is 0.476. The summed E-state index contributed by atoms with van der Waals surface area (Å²) in [5.41, 5.74) is 1.17. The molecule has 1 fully saturated rings. The highest BCUT2D eigenvalue weighted by Crippen LogP contribution is 2.29. The zero-order valence-electron chi connectivity index (χ0n) is 17.4. The predicted molar refractivity (Wildman–Crippen MR) is 108 cm³/mol. The molecule has 9 heteroatoms. The van der Waals surface area contributed by atoms with Gasteiger partial charge in [0, 0.05) is 30.1 Å². The average molecular weight is 418 g/mol. The van der Waals surface area contributed by atoms with Crippen molar-refractivity contribution < 1.29 is 33.0 Å². The van der Waals surface area contributed by atoms with Crippen molar-refractivity contribution in [3.8, 4) is 5.75 Å². The van der Waals surface area contributed by atoms with Crippen LogP contribution in [0.2, 0.25) is 0 Å². The first kappa shape index (κ1) is 21.5. The predicted octanol–water partition coefficient (Wildman–Crippen LogP) is 2.64. The first-order valence-corrected chi connectivity index (χ1v) is 9.88. The number of hydrogen-bond acceptors (Lipinski definition) is 7. The van der Waals surface area contributed by atoms with E-state index >= 15 is 0 Å². The van der Waals surface area contributed by atoms with Gasteiger partial charge < -0.3 is 28.8 Å². The number of benzene rings is 1. The monoisotopic (exact) mass is 418 g/mol. The van der Waals surface area contributed by atoms with Crippen LogP contribution in [0, 0.1) is 6.92 Å². The second kappa shape index (κ2) is 9.51. The number of methoxy groups -OCH3 is 1. The molecule has 1 saturated heterocycles. The molecule has 3 rings (SSSR count). The lowest BCUT2D eigenvalue weighted by atomic mass is 10.1. The molecule has 0 aliphatic carbocycles. The van der Waals surface area contributed by atoms with Crippen LogP contribution in [0.3, 0.4) is 0 Å². The van der Waals surface area contributed by atoms with E-state index in [9.17, 15) is 14.4 Å². The van der Waals surface area contributed by atoms with Gasteiger partial charge in [0.1, 0.15) is 11.3 Å². The summed E-state index contributed by atoms with van der Waals surface area (Å²) < 4.78 is 20.9. The standard InChI is InChI=1S/C21H26N2O7/c1-4-28-21(26)23-9-7-14(8-10-23)22-18(24)12-29-20(25)19-13(2)16-11-15(27-3)5-6-17(16)30-19/h5-6,11,14H,4,7-10,12H2,1-3H3,(H,22,24). The minimum atomic E-state index is -0.699. The highest BCUT2D eigenvalue weighted by atomic mass is 16.6. The SMILES string of the molecule is CCOC(=O)N1CCC(NC(=O)COC(=O)c2oc3ccc(OC)cc3c2C)CC1. The van der Waals surface area contributed by atoms with E-state index < -0.39 is 18.5 Å². The highest BCUT2D eigenvalue weighted by molar-refractivity contribution is 5.97. The van der Waals surface area contributed by atoms with Gasteiger partial charge in [0.15, 0.2) is 6.61 Å². The number of furan rings is 1. The average Bonchev–Trinajstić information content (AvgIpc) is 3.08. The van der Waals surface area contributed by atoms with Crippen molar-refractivity contribution in [2.24, 2.45) is 0 Å². The molecule has 30 heavy (non-hydrogen) atoms. The van der Waals surface area contributed by atoms with E-state index in [0.717, 1.165) is 5.39 Å². The van der Waals surface area contributed by atoms with Crippen molar-refractivity contribution in [3.63, 3.8) is 0 Å². The largest absolute Gasteiger partial charge is 0.497 e. The maximum absolute atomic E-state index is 12.4. The Kier molecular flexibility index (Phi) is 6.81. The molecule has 1 aromatic carbocycles. The molecule has 162 valence electrons. The van der Waals surface area contributed by atoms with Crippen molar-refractivity contribution >= 4 is 28.9 Å². The lowest BCUT2D eigenvalue weighted by Crippen LogP contribution is -2.47. The van der Waals surface area contributed by atoms with Crippen LogP contribution in [0.1, 0.15) is 35.9 Å². The lowest BCUT2D eigenvalue weighted by Gasteiger charge is -2.31. The van der Waals surface area contributed by atoms with Crippen LogP contribution in [0.15, 0.2) is 22.6 Å². The topological polar surface area (TPSA) is 107 Å². The van der Waals surface area contributed by atoms with E-state index in [1.54, 1.807) is 44.1 Å². The maximum atomic E-state index is 12.4. The van der Waals surface area contributed by atoms with E-state index in [1.165, 1.54) is 0 Å². The van der Waals surface area contributed by atoms with Crippen LogP contribution in [-0.4, -0.2) is 62.3 Å². The fourth-order valence-corrected chi connectivity index (χ4v) is 3.41. The molecular formula is C21H26N2O7. The molecule has 1 N–H and O–H groups in total. The minimum Gasteiger partial charge on any atom is -0.497 e. The normalized spacial score (nSPS) is 14.4. The Morgan fingerprint density at radius 2 is 1.93 bits per heavy atom. The van der Waals surface area contributed by atoms with Gasteiger partial charge >= 0.3 is 12.1 Å². The second-order valence-electron chi connectivity index (χ2n) is 7.02. The third kappa shape index (κ3) is 4.84. The molecule has 0 bridgehead atoms. The van der Waals surface area contributed by atoms with Gasteiger partial charge in [-0.05, 0) is 44.9 Å². The minimum absolute atomic E-state index is 0.0637. The number of nitrogens with one attached hydrogen (secondary N) is 1. The molecule has 2 aromatic rings. The van der Waals surface area contributed by atoms with Gasteiger partial charge in [0.05, 0.1) is 13.7 Å². The van der Waals surface area contributed by atoms with Gasteiger partial charge in [-0.1, -0.05) is 0 Å². The summed E-state index contributed by atoms with van der Waals surface area (Å²) in [6.45, 7) is 4.45.